The molecule has 8 heteroatoms. The number of nitrogens with zero attached hydrogens (tertiary/aromatic N) is 2. The highest BCUT2D eigenvalue weighted by Crippen LogP contribution is 2.26. The van der Waals surface area contributed by atoms with Crippen LogP contribution < -0.4 is 10.6 Å². The topological polar surface area (TPSA) is 71.7 Å². The Kier molecular flexibility index (Phi) is 10.1. The Morgan fingerprint density at radius 1 is 1.26 bits per heavy atom. The van der Waals surface area contributed by atoms with Gasteiger partial charge in [-0.05, 0) is 37.8 Å². The van der Waals surface area contributed by atoms with Crippen molar-refractivity contribution < 1.29 is 9.15 Å². The maximum atomic E-state index is 5.37. The number of halogens is 1. The van der Waals surface area contributed by atoms with Gasteiger partial charge in [-0.3, -0.25) is 4.99 Å². The number of nitrogens with one attached hydrogen (secondary N) is 2. The zero-order valence-electron chi connectivity index (χ0n) is 15.8. The first kappa shape index (κ1) is 22.2. The fraction of sp³-hybridized carbons (Fsp3) is 0.579. The van der Waals surface area contributed by atoms with Crippen LogP contribution in [0.4, 0.5) is 0 Å². The summed E-state index contributed by atoms with van der Waals surface area (Å²) in [6.45, 7) is 2.85. The van der Waals surface area contributed by atoms with Crippen LogP contribution in [0.3, 0.4) is 0 Å². The molecular formula is C19H29IN4O2S. The number of rotatable bonds is 9. The second-order valence-corrected chi connectivity index (χ2v) is 7.51. The maximum Gasteiger partial charge on any atom is 0.191 e. The van der Waals surface area contributed by atoms with E-state index in [4.69, 9.17) is 14.1 Å². The minimum absolute atomic E-state index is 0. The van der Waals surface area contributed by atoms with Crippen LogP contribution in [0.15, 0.2) is 27.8 Å². The van der Waals surface area contributed by atoms with Crippen LogP contribution in [-0.4, -0.2) is 44.3 Å². The van der Waals surface area contributed by atoms with Gasteiger partial charge in [-0.25, -0.2) is 4.98 Å². The smallest absolute Gasteiger partial charge is 0.191 e. The van der Waals surface area contributed by atoms with Crippen LogP contribution in [0.1, 0.15) is 34.2 Å². The van der Waals surface area contributed by atoms with Crippen molar-refractivity contribution in [2.24, 2.45) is 4.99 Å². The van der Waals surface area contributed by atoms with Crippen molar-refractivity contribution >= 4 is 41.3 Å². The van der Waals surface area contributed by atoms with Crippen LogP contribution in [0.5, 0.6) is 0 Å². The summed E-state index contributed by atoms with van der Waals surface area (Å²) in [7, 11) is 1.69. The number of aryl methyl sites for hydroxylation is 2. The highest BCUT2D eigenvalue weighted by molar-refractivity contribution is 14.0. The van der Waals surface area contributed by atoms with Crippen LogP contribution >= 0.6 is 35.3 Å². The molecule has 1 aliphatic rings. The minimum atomic E-state index is 0. The molecule has 2 heterocycles. The Balaban J connectivity index is 0.00000261. The largest absolute Gasteiger partial charge is 0.469 e. The standard InChI is InChI=1S/C19H28N4O2S.HI/c1-24-14-12-22-19(20-10-8-15-5-4-13-25-15)21-11-9-18-23-16-6-2-3-7-17(16)26-18;/h4-5,13H,2-3,6-12,14H2,1H3,(H2,20,21,22);1H. The van der Waals surface area contributed by atoms with Gasteiger partial charge in [0.25, 0.3) is 0 Å². The molecule has 0 spiro atoms. The third kappa shape index (κ3) is 7.42. The van der Waals surface area contributed by atoms with Crippen molar-refractivity contribution in [3.05, 3.63) is 39.7 Å². The zero-order chi connectivity index (χ0) is 18.0. The molecule has 0 saturated heterocycles. The van der Waals surface area contributed by atoms with Gasteiger partial charge in [-0.15, -0.1) is 35.3 Å². The van der Waals surface area contributed by atoms with Crippen molar-refractivity contribution in [2.75, 3.05) is 33.4 Å². The quantitative estimate of drug-likeness (QED) is 0.238. The minimum Gasteiger partial charge on any atom is -0.469 e. The molecule has 0 saturated carbocycles. The second kappa shape index (κ2) is 12.4. The second-order valence-electron chi connectivity index (χ2n) is 6.34. The number of fused-ring (bicyclic) bond motifs is 1. The summed E-state index contributed by atoms with van der Waals surface area (Å²) in [5.41, 5.74) is 1.34. The number of hydrogen-bond donors (Lipinski definition) is 2. The molecular weight excluding hydrogens is 475 g/mol. The number of guanidine groups is 1. The summed E-state index contributed by atoms with van der Waals surface area (Å²) >= 11 is 1.88. The number of thiazole rings is 1. The number of hydrogen-bond acceptors (Lipinski definition) is 5. The van der Waals surface area contributed by atoms with Crippen molar-refractivity contribution in [1.29, 1.82) is 0 Å². The first-order chi connectivity index (χ1) is 12.8. The Morgan fingerprint density at radius 3 is 2.81 bits per heavy atom. The molecule has 150 valence electrons. The summed E-state index contributed by atoms with van der Waals surface area (Å²) in [5.74, 6) is 1.79. The lowest BCUT2D eigenvalue weighted by atomic mass is 10.0. The maximum absolute atomic E-state index is 5.37. The van der Waals surface area contributed by atoms with E-state index in [9.17, 15) is 0 Å². The SMILES string of the molecule is COCCN=C(NCCc1ccco1)NCCc1nc2c(s1)CCCC2.I. The molecule has 0 unspecified atom stereocenters. The van der Waals surface area contributed by atoms with Crippen LogP contribution in [0, 0.1) is 0 Å². The molecule has 0 aliphatic heterocycles. The van der Waals surface area contributed by atoms with Gasteiger partial charge in [0, 0.05) is 37.9 Å². The molecule has 2 aromatic heterocycles. The van der Waals surface area contributed by atoms with Gasteiger partial charge in [0.05, 0.1) is 30.1 Å². The summed E-state index contributed by atoms with van der Waals surface area (Å²) in [5, 5.41) is 8.00. The number of furan rings is 1. The molecule has 6 nitrogen and oxygen atoms in total. The van der Waals surface area contributed by atoms with Gasteiger partial charge >= 0.3 is 0 Å². The van der Waals surface area contributed by atoms with E-state index in [-0.39, 0.29) is 24.0 Å². The van der Waals surface area contributed by atoms with E-state index in [1.165, 1.54) is 34.8 Å². The van der Waals surface area contributed by atoms with E-state index in [1.54, 1.807) is 13.4 Å². The summed E-state index contributed by atoms with van der Waals surface area (Å²) < 4.78 is 10.5. The average Bonchev–Trinajstić information content (AvgIpc) is 3.30. The van der Waals surface area contributed by atoms with Gasteiger partial charge < -0.3 is 19.8 Å². The Morgan fingerprint density at radius 2 is 2.07 bits per heavy atom. The van der Waals surface area contributed by atoms with Gasteiger partial charge in [-0.1, -0.05) is 0 Å². The average molecular weight is 504 g/mol. The summed E-state index contributed by atoms with van der Waals surface area (Å²) in [6, 6.07) is 3.90. The van der Waals surface area contributed by atoms with Crippen LogP contribution in [0.2, 0.25) is 0 Å². The first-order valence-electron chi connectivity index (χ1n) is 9.36. The van der Waals surface area contributed by atoms with Crippen LogP contribution in [0.25, 0.3) is 0 Å². The molecule has 1 aliphatic carbocycles. The fourth-order valence-corrected chi connectivity index (χ4v) is 4.14. The zero-order valence-corrected chi connectivity index (χ0v) is 19.0. The van der Waals surface area contributed by atoms with Crippen molar-refractivity contribution in [3.8, 4) is 0 Å². The number of ether oxygens (including phenoxy) is 1. The Hall–Kier alpha value is -1.13. The Bertz CT molecular complexity index is 664. The van der Waals surface area contributed by atoms with E-state index in [2.05, 4.69) is 15.6 Å². The molecule has 2 N–H and O–H groups in total. The Labute approximate surface area is 182 Å². The van der Waals surface area contributed by atoms with Crippen molar-refractivity contribution in [3.63, 3.8) is 0 Å². The van der Waals surface area contributed by atoms with E-state index < -0.39 is 0 Å². The molecule has 0 aromatic carbocycles. The lowest BCUT2D eigenvalue weighted by molar-refractivity contribution is 0.208. The van der Waals surface area contributed by atoms with Crippen LogP contribution in [-0.2, 0) is 30.4 Å². The lowest BCUT2D eigenvalue weighted by Gasteiger charge is -2.11. The predicted molar refractivity (Wildman–Crippen MR) is 120 cm³/mol. The summed E-state index contributed by atoms with van der Waals surface area (Å²) in [4.78, 5) is 10.9. The van der Waals surface area contributed by atoms with Gasteiger partial charge in [0.1, 0.15) is 5.76 Å². The molecule has 0 radical (unpaired) electrons. The van der Waals surface area contributed by atoms with E-state index >= 15 is 0 Å². The van der Waals surface area contributed by atoms with Gasteiger partial charge in [0.15, 0.2) is 5.96 Å². The van der Waals surface area contributed by atoms with Crippen molar-refractivity contribution in [1.82, 2.24) is 15.6 Å². The molecule has 2 aromatic rings. The monoisotopic (exact) mass is 504 g/mol. The third-order valence-electron chi connectivity index (χ3n) is 4.33. The molecule has 3 rings (SSSR count). The van der Waals surface area contributed by atoms with E-state index in [1.807, 2.05) is 23.5 Å². The molecule has 27 heavy (non-hydrogen) atoms. The summed E-state index contributed by atoms with van der Waals surface area (Å²) in [6.07, 6.45) is 8.41. The molecule has 0 bridgehead atoms. The molecule has 0 amide bonds. The molecule has 0 fully saturated rings. The predicted octanol–water partition coefficient (Wildman–Crippen LogP) is 3.20. The number of aromatic nitrogens is 1. The highest BCUT2D eigenvalue weighted by Gasteiger charge is 2.14. The normalized spacial score (nSPS) is 13.7. The first-order valence-corrected chi connectivity index (χ1v) is 10.2. The number of aliphatic imine (C=N–C) groups is 1. The van der Waals surface area contributed by atoms with E-state index in [0.29, 0.717) is 13.2 Å². The third-order valence-corrected chi connectivity index (χ3v) is 5.55. The lowest BCUT2D eigenvalue weighted by Crippen LogP contribution is -2.39. The number of methoxy groups -OCH3 is 1. The van der Waals surface area contributed by atoms with Gasteiger partial charge in [0.2, 0.25) is 0 Å². The fourth-order valence-electron chi connectivity index (χ4n) is 2.98. The van der Waals surface area contributed by atoms with E-state index in [0.717, 1.165) is 44.1 Å². The highest BCUT2D eigenvalue weighted by atomic mass is 127. The molecule has 0 atom stereocenters. The van der Waals surface area contributed by atoms with Gasteiger partial charge in [-0.2, -0.15) is 0 Å². The van der Waals surface area contributed by atoms with Crippen molar-refractivity contribution in [2.45, 2.75) is 38.5 Å².